The number of urea groups is 1. The lowest BCUT2D eigenvalue weighted by Gasteiger charge is -2.26. The molecule has 1 aliphatic heterocycles. The quantitative estimate of drug-likeness (QED) is 0.614. The smallest absolute Gasteiger partial charge is 0.320 e. The van der Waals surface area contributed by atoms with E-state index in [2.05, 4.69) is 20.5 Å². The lowest BCUT2D eigenvalue weighted by atomic mass is 10.3. The molecule has 8 nitrogen and oxygen atoms in total. The van der Waals surface area contributed by atoms with Crippen LogP contribution < -0.4 is 21.1 Å². The molecule has 1 fully saturated rings. The molecule has 10 heteroatoms. The van der Waals surface area contributed by atoms with E-state index in [1.807, 2.05) is 0 Å². The van der Waals surface area contributed by atoms with E-state index in [-0.39, 0.29) is 16.1 Å². The number of amides is 2. The Morgan fingerprint density at radius 2 is 2.04 bits per heavy atom. The molecule has 3 rings (SSSR count). The minimum atomic E-state index is -0.341. The number of carbonyl (C=O) groups is 1. The lowest BCUT2D eigenvalue weighted by molar-refractivity contribution is 0.0388. The van der Waals surface area contributed by atoms with Crippen molar-refractivity contribution in [2.24, 2.45) is 0 Å². The monoisotopic (exact) mass is 425 g/mol. The summed E-state index contributed by atoms with van der Waals surface area (Å²) in [5.41, 5.74) is 6.07. The average Bonchev–Trinajstić information content (AvgIpc) is 2.69. The summed E-state index contributed by atoms with van der Waals surface area (Å²) in [6.45, 7) is 4.51. The van der Waals surface area contributed by atoms with Crippen LogP contribution in [0.1, 0.15) is 0 Å². The number of aromatic nitrogens is 1. The van der Waals surface area contributed by atoms with Crippen LogP contribution in [-0.2, 0) is 4.74 Å². The van der Waals surface area contributed by atoms with Crippen molar-refractivity contribution in [2.45, 2.75) is 0 Å². The first-order chi connectivity index (χ1) is 13.5. The van der Waals surface area contributed by atoms with Crippen molar-refractivity contribution in [1.29, 1.82) is 0 Å². The number of carbonyl (C=O) groups excluding carboxylic acids is 1. The third-order valence-electron chi connectivity index (χ3n) is 4.09. The molecular formula is C18H21Cl2N5O3. The van der Waals surface area contributed by atoms with Gasteiger partial charge in [0.15, 0.2) is 0 Å². The number of halogens is 2. The Morgan fingerprint density at radius 3 is 2.82 bits per heavy atom. The Kier molecular flexibility index (Phi) is 7.16. The zero-order valence-corrected chi connectivity index (χ0v) is 16.6. The van der Waals surface area contributed by atoms with E-state index in [4.69, 9.17) is 38.4 Å². The van der Waals surface area contributed by atoms with Crippen molar-refractivity contribution in [2.75, 3.05) is 50.4 Å². The van der Waals surface area contributed by atoms with Gasteiger partial charge in [-0.15, -0.1) is 0 Å². The van der Waals surface area contributed by atoms with Gasteiger partial charge in [0.2, 0.25) is 0 Å². The average molecular weight is 426 g/mol. The third kappa shape index (κ3) is 5.62. The Hall–Kier alpha value is -2.26. The lowest BCUT2D eigenvalue weighted by Crippen LogP contribution is -2.42. The predicted molar refractivity (Wildman–Crippen MR) is 109 cm³/mol. The molecule has 0 spiro atoms. The molecule has 28 heavy (non-hydrogen) atoms. The number of nitrogens with zero attached hydrogens (tertiary/aromatic N) is 2. The summed E-state index contributed by atoms with van der Waals surface area (Å²) >= 11 is 12.2. The standard InChI is InChI=1S/C18H21Cl2N5O3/c19-16-13(21)1-2-14(17(16)20)28-12-3-4-22-15(11-12)24-18(26)23-5-6-25-7-9-27-10-8-25/h1-4,11H,5-10,21H2,(H2,22,23,24,26). The third-order valence-corrected chi connectivity index (χ3v) is 4.97. The first-order valence-electron chi connectivity index (χ1n) is 8.75. The van der Waals surface area contributed by atoms with Crippen LogP contribution in [0.2, 0.25) is 10.0 Å². The Morgan fingerprint density at radius 1 is 1.25 bits per heavy atom. The number of nitrogen functional groups attached to an aromatic ring is 1. The second kappa shape index (κ2) is 9.79. The van der Waals surface area contributed by atoms with Gasteiger partial charge in [0.25, 0.3) is 0 Å². The fraction of sp³-hybridized carbons (Fsp3) is 0.333. The number of pyridine rings is 1. The highest BCUT2D eigenvalue weighted by molar-refractivity contribution is 6.44. The molecule has 0 radical (unpaired) electrons. The highest BCUT2D eigenvalue weighted by Gasteiger charge is 2.12. The molecule has 1 aromatic heterocycles. The molecule has 2 aromatic rings. The van der Waals surface area contributed by atoms with Crippen molar-refractivity contribution in [3.63, 3.8) is 0 Å². The topological polar surface area (TPSA) is 102 Å². The molecule has 1 aromatic carbocycles. The van der Waals surface area contributed by atoms with Crippen LogP contribution in [0.5, 0.6) is 11.5 Å². The summed E-state index contributed by atoms with van der Waals surface area (Å²) < 4.78 is 11.0. The molecule has 1 saturated heterocycles. The van der Waals surface area contributed by atoms with Crippen molar-refractivity contribution in [3.05, 3.63) is 40.5 Å². The highest BCUT2D eigenvalue weighted by Crippen LogP contribution is 2.38. The Labute approximate surface area is 172 Å². The van der Waals surface area contributed by atoms with Gasteiger partial charge < -0.3 is 20.5 Å². The van der Waals surface area contributed by atoms with Crippen LogP contribution in [-0.4, -0.2) is 55.3 Å². The molecule has 0 saturated carbocycles. The maximum atomic E-state index is 12.1. The van der Waals surface area contributed by atoms with E-state index >= 15 is 0 Å². The van der Waals surface area contributed by atoms with Gasteiger partial charge in [0, 0.05) is 38.4 Å². The van der Waals surface area contributed by atoms with Crippen LogP contribution >= 0.6 is 23.2 Å². The van der Waals surface area contributed by atoms with E-state index in [0.717, 1.165) is 32.8 Å². The molecule has 150 valence electrons. The van der Waals surface area contributed by atoms with E-state index in [9.17, 15) is 4.79 Å². The number of hydrogen-bond acceptors (Lipinski definition) is 6. The number of anilines is 2. The molecule has 0 atom stereocenters. The van der Waals surface area contributed by atoms with Crippen molar-refractivity contribution in [1.82, 2.24) is 15.2 Å². The minimum absolute atomic E-state index is 0.217. The molecular weight excluding hydrogens is 405 g/mol. The highest BCUT2D eigenvalue weighted by atomic mass is 35.5. The zero-order valence-electron chi connectivity index (χ0n) is 15.1. The SMILES string of the molecule is Nc1ccc(Oc2ccnc(NC(=O)NCCN3CCOCC3)c2)c(Cl)c1Cl. The van der Waals surface area contributed by atoms with Crippen LogP contribution in [0, 0.1) is 0 Å². The predicted octanol–water partition coefficient (Wildman–Crippen LogP) is 3.22. The van der Waals surface area contributed by atoms with Crippen molar-refractivity contribution in [3.8, 4) is 11.5 Å². The molecule has 2 heterocycles. The number of rotatable bonds is 6. The van der Waals surface area contributed by atoms with Gasteiger partial charge in [0.1, 0.15) is 22.3 Å². The number of nitrogens with two attached hydrogens (primary N) is 1. The second-order valence-corrected chi connectivity index (χ2v) is 6.85. The summed E-state index contributed by atoms with van der Waals surface area (Å²) in [5, 5.41) is 5.93. The van der Waals surface area contributed by atoms with Crippen molar-refractivity contribution >= 4 is 40.7 Å². The number of benzene rings is 1. The molecule has 2 amide bonds. The van der Waals surface area contributed by atoms with Gasteiger partial charge in [-0.2, -0.15) is 0 Å². The van der Waals surface area contributed by atoms with Crippen LogP contribution in [0.15, 0.2) is 30.5 Å². The van der Waals surface area contributed by atoms with Crippen LogP contribution in [0.4, 0.5) is 16.3 Å². The van der Waals surface area contributed by atoms with Gasteiger partial charge in [-0.25, -0.2) is 9.78 Å². The van der Waals surface area contributed by atoms with E-state index < -0.39 is 0 Å². The maximum absolute atomic E-state index is 12.1. The summed E-state index contributed by atoms with van der Waals surface area (Å²) in [6, 6.07) is 6.11. The molecule has 0 bridgehead atoms. The first kappa shape index (κ1) is 20.5. The molecule has 4 N–H and O–H groups in total. The van der Waals surface area contributed by atoms with Gasteiger partial charge >= 0.3 is 6.03 Å². The van der Waals surface area contributed by atoms with E-state index in [1.54, 1.807) is 24.3 Å². The summed E-state index contributed by atoms with van der Waals surface area (Å²) in [5.74, 6) is 1.15. The number of hydrogen-bond donors (Lipinski definition) is 3. The van der Waals surface area contributed by atoms with E-state index in [0.29, 0.717) is 29.5 Å². The van der Waals surface area contributed by atoms with Gasteiger partial charge in [-0.05, 0) is 18.2 Å². The van der Waals surface area contributed by atoms with Gasteiger partial charge in [-0.3, -0.25) is 10.2 Å². The first-order valence-corrected chi connectivity index (χ1v) is 9.51. The number of ether oxygens (including phenoxy) is 2. The number of morpholine rings is 1. The number of nitrogens with one attached hydrogen (secondary N) is 2. The zero-order chi connectivity index (χ0) is 19.9. The fourth-order valence-electron chi connectivity index (χ4n) is 2.61. The molecule has 0 unspecified atom stereocenters. The van der Waals surface area contributed by atoms with Crippen LogP contribution in [0.3, 0.4) is 0 Å². The summed E-state index contributed by atoms with van der Waals surface area (Å²) in [6.07, 6.45) is 1.52. The largest absolute Gasteiger partial charge is 0.456 e. The summed E-state index contributed by atoms with van der Waals surface area (Å²) in [4.78, 5) is 18.4. The Balaban J connectivity index is 1.53. The summed E-state index contributed by atoms with van der Waals surface area (Å²) in [7, 11) is 0. The minimum Gasteiger partial charge on any atom is -0.456 e. The fourth-order valence-corrected chi connectivity index (χ4v) is 2.98. The Bertz CT molecular complexity index is 831. The normalized spacial score (nSPS) is 14.5. The van der Waals surface area contributed by atoms with Gasteiger partial charge in [0.05, 0.1) is 23.9 Å². The second-order valence-electron chi connectivity index (χ2n) is 6.09. The maximum Gasteiger partial charge on any atom is 0.320 e. The van der Waals surface area contributed by atoms with Crippen molar-refractivity contribution < 1.29 is 14.3 Å². The van der Waals surface area contributed by atoms with Crippen LogP contribution in [0.25, 0.3) is 0 Å². The molecule has 0 aliphatic carbocycles. The van der Waals surface area contributed by atoms with E-state index in [1.165, 1.54) is 6.20 Å². The molecule has 1 aliphatic rings. The van der Waals surface area contributed by atoms with Gasteiger partial charge in [-0.1, -0.05) is 23.2 Å².